The second kappa shape index (κ2) is 79.1. The van der Waals surface area contributed by atoms with Crippen LogP contribution < -0.4 is 5.32 Å². The minimum absolute atomic E-state index is 0.0136. The minimum atomic E-state index is -0.244. The summed E-state index contributed by atoms with van der Waals surface area (Å²) in [6.45, 7) is 40.0. The molecule has 0 spiro atoms. The summed E-state index contributed by atoms with van der Waals surface area (Å²) in [5.41, 5.74) is 1.19. The Kier molecular flexibility index (Phi) is 72.1. The van der Waals surface area contributed by atoms with Gasteiger partial charge in [-0.25, -0.2) is 0 Å². The zero-order valence-corrected chi connectivity index (χ0v) is 94.9. The molecule has 0 aliphatic carbocycles. The third kappa shape index (κ3) is 51.9. The van der Waals surface area contributed by atoms with Gasteiger partial charge >= 0.3 is 0 Å². The predicted octanol–water partition coefficient (Wildman–Crippen LogP) is 6.98. The molecule has 0 unspecified atom stereocenters. The van der Waals surface area contributed by atoms with Crippen molar-refractivity contribution in [2.45, 2.75) is 273 Å². The summed E-state index contributed by atoms with van der Waals surface area (Å²) in [5, 5.41) is 2.79. The van der Waals surface area contributed by atoms with Gasteiger partial charge in [0.25, 0.3) is 0 Å². The number of thioether (sulfide) groups is 1. The highest BCUT2D eigenvalue weighted by molar-refractivity contribution is 7.98. The second-order valence-electron chi connectivity index (χ2n) is 36.2. The van der Waals surface area contributed by atoms with E-state index in [9.17, 15) is 95.9 Å². The van der Waals surface area contributed by atoms with Crippen molar-refractivity contribution in [3.63, 3.8) is 0 Å². The van der Waals surface area contributed by atoms with Crippen LogP contribution in [0.15, 0.2) is 30.3 Å². The maximum atomic E-state index is 13.9. The molecular weight excluding hydrogens is 1920 g/mol. The summed E-state index contributed by atoms with van der Waals surface area (Å²) in [6.07, 6.45) is 3.12. The first-order valence-corrected chi connectivity index (χ1v) is 56.2. The third-order valence-corrected chi connectivity index (χ3v) is 27.6. The molecule has 0 saturated heterocycles. The van der Waals surface area contributed by atoms with Crippen LogP contribution in [0.1, 0.15) is 272 Å². The number of nitrogens with one attached hydrogen (secondary N) is 1. The SMILES string of the molecule is CCC(=O)NCCN(CCN(CCN(CCN(CCN(CCN(CCN(CCN(CCN(CCN(CCN(CCN(CCN(CCN(CCN(CCN(CCN(CCN(CCN(CCSCc1ccccc1)C(=O)CC)C(=O)CC)C(=O)CC)C(=O)CC)C(=O)CC)C(=O)CC)C(=O)CC)C(=O)CC)C(=O)CC)C(=O)CC)C(=O)CC)C(=O)CC)C(=O)CC)C(=O)CC)C(=O)CC)C(=O)CC)C(=O)CC)C(=O)CC)C(=O)CC. The third-order valence-electron chi connectivity index (χ3n) is 26.6. The van der Waals surface area contributed by atoms with Gasteiger partial charge in [-0.1, -0.05) is 169 Å². The number of hydrogen-bond donors (Lipinski definition) is 1. The zero-order chi connectivity index (χ0) is 111. The maximum Gasteiger partial charge on any atom is 0.222 e. The summed E-state index contributed by atoms with van der Waals surface area (Å²) in [4.78, 5) is 302. The van der Waals surface area contributed by atoms with Crippen LogP contribution in [0.4, 0.5) is 0 Å². The Morgan fingerprint density at radius 2 is 0.277 bits per heavy atom. The van der Waals surface area contributed by atoms with E-state index in [-0.39, 0.29) is 476 Å². The molecule has 842 valence electrons. The molecule has 40 nitrogen and oxygen atoms in total. The van der Waals surface area contributed by atoms with E-state index in [1.807, 2.05) is 25.1 Å². The van der Waals surface area contributed by atoms with Gasteiger partial charge in [0.1, 0.15) is 0 Å². The zero-order valence-electron chi connectivity index (χ0n) is 94.1. The lowest BCUT2D eigenvalue weighted by molar-refractivity contribution is -0.139. The molecular formula is C107H188N20O20S. The molecule has 1 rings (SSSR count). The number of hydrogen-bond acceptors (Lipinski definition) is 21. The second-order valence-corrected chi connectivity index (χ2v) is 37.3. The Balaban J connectivity index is 3.34. The lowest BCUT2D eigenvalue weighted by Crippen LogP contribution is -2.50. The van der Waals surface area contributed by atoms with Gasteiger partial charge in [-0.05, 0) is 5.56 Å². The summed E-state index contributed by atoms with van der Waals surface area (Å²) in [7, 11) is 0. The molecule has 0 aliphatic heterocycles. The van der Waals surface area contributed by atoms with Crippen LogP contribution in [0, 0.1) is 0 Å². The molecule has 0 heterocycles. The molecule has 1 aromatic rings. The number of rotatable bonds is 82. The van der Waals surface area contributed by atoms with Crippen LogP contribution in [0.2, 0.25) is 0 Å². The van der Waals surface area contributed by atoms with Crippen LogP contribution in [0.5, 0.6) is 0 Å². The van der Waals surface area contributed by atoms with Crippen molar-refractivity contribution in [3.05, 3.63) is 35.9 Å². The Hall–Kier alpha value is -11.0. The molecule has 0 fully saturated rings. The number of benzene rings is 1. The van der Waals surface area contributed by atoms with E-state index in [0.29, 0.717) is 25.9 Å². The highest BCUT2D eigenvalue weighted by Crippen LogP contribution is 2.17. The number of amides is 20. The molecule has 1 N–H and O–H groups in total. The van der Waals surface area contributed by atoms with Gasteiger partial charge in [-0.3, -0.25) is 95.9 Å². The molecule has 0 saturated carbocycles. The molecule has 0 bridgehead atoms. The summed E-state index contributed by atoms with van der Waals surface area (Å²) < 4.78 is 0. The topological polar surface area (TPSA) is 415 Å². The Bertz CT molecular complexity index is 4050. The largest absolute Gasteiger partial charge is 0.354 e. The van der Waals surface area contributed by atoms with Crippen molar-refractivity contribution in [3.8, 4) is 0 Å². The van der Waals surface area contributed by atoms with Crippen molar-refractivity contribution in [1.29, 1.82) is 0 Å². The molecule has 0 aromatic heterocycles. The van der Waals surface area contributed by atoms with Gasteiger partial charge < -0.3 is 98.4 Å². The van der Waals surface area contributed by atoms with E-state index in [0.717, 1.165) is 11.5 Å². The highest BCUT2D eigenvalue weighted by atomic mass is 32.2. The molecule has 0 aliphatic rings. The van der Waals surface area contributed by atoms with Gasteiger partial charge in [0.15, 0.2) is 0 Å². The number of nitrogens with zero attached hydrogens (tertiary/aromatic N) is 19. The van der Waals surface area contributed by atoms with Gasteiger partial charge in [-0.2, -0.15) is 11.8 Å². The van der Waals surface area contributed by atoms with Crippen LogP contribution in [-0.4, -0.2) is 472 Å². The van der Waals surface area contributed by atoms with Gasteiger partial charge in [0.05, 0.1) is 0 Å². The van der Waals surface area contributed by atoms with E-state index in [4.69, 9.17) is 0 Å². The van der Waals surface area contributed by atoms with Gasteiger partial charge in [0.2, 0.25) is 118 Å². The average molecular weight is 2110 g/mol. The van der Waals surface area contributed by atoms with Gasteiger partial charge in [0, 0.05) is 395 Å². The van der Waals surface area contributed by atoms with Crippen molar-refractivity contribution in [2.75, 3.05) is 261 Å². The van der Waals surface area contributed by atoms with Crippen LogP contribution in [0.25, 0.3) is 0 Å². The smallest absolute Gasteiger partial charge is 0.222 e. The molecule has 1 aromatic carbocycles. The van der Waals surface area contributed by atoms with E-state index >= 15 is 0 Å². The minimum Gasteiger partial charge on any atom is -0.354 e. The van der Waals surface area contributed by atoms with Crippen LogP contribution in [0.3, 0.4) is 0 Å². The highest BCUT2D eigenvalue weighted by Gasteiger charge is 2.31. The quantitative estimate of drug-likeness (QED) is 0.0642. The van der Waals surface area contributed by atoms with E-state index in [2.05, 4.69) is 17.4 Å². The van der Waals surface area contributed by atoms with Crippen LogP contribution in [-0.2, 0) is 102 Å². The molecule has 20 amide bonds. The molecule has 148 heavy (non-hydrogen) atoms. The van der Waals surface area contributed by atoms with Gasteiger partial charge in [-0.15, -0.1) is 0 Å². The first kappa shape index (κ1) is 135. The fraction of sp³-hybridized carbons (Fsp3) is 0.757. The predicted molar refractivity (Wildman–Crippen MR) is 576 cm³/mol. The average Bonchev–Trinajstić information content (AvgIpc) is 0.882. The molecule has 41 heteroatoms. The lowest BCUT2D eigenvalue weighted by atomic mass is 10.2. The summed E-state index contributed by atoms with van der Waals surface area (Å²) in [6, 6.07) is 10.1. The first-order valence-electron chi connectivity index (χ1n) is 55.0. The first-order chi connectivity index (χ1) is 70.8. The monoisotopic (exact) mass is 2110 g/mol. The standard InChI is InChI=1S/C107H188N20O20S/c1-21-88(128)108-46-47-109(89(129)22-2)48-49-110(90(130)23-3)50-51-111(91(131)24-4)52-53-112(92(132)25-5)54-55-113(93(133)26-6)56-57-114(94(134)27-7)58-59-115(95(135)28-8)60-61-116(96(136)29-9)62-63-117(97(137)30-10)64-65-118(98(138)31-11)66-67-119(99(139)32-12)68-69-120(100(140)33-13)70-71-121(101(141)34-14)72-73-122(102(142)35-15)74-75-123(103(143)36-16)76-77-124(104(144)37-17)78-79-125(105(145)38-18)80-81-126(106(146)39-19)82-83-127(107(147)40-20)84-85-148-86-87-44-42-41-43-45-87/h41-45H,21-40,46-86H2,1-20H3,(H,108,128). The maximum absolute atomic E-state index is 13.9. The number of carbonyl (C=O) groups excluding carboxylic acids is 20. The molecule has 0 radical (unpaired) electrons. The van der Waals surface area contributed by atoms with Crippen molar-refractivity contribution >= 4 is 130 Å². The van der Waals surface area contributed by atoms with Crippen molar-refractivity contribution in [1.82, 2.24) is 98.4 Å². The van der Waals surface area contributed by atoms with E-state index in [1.165, 1.54) is 5.56 Å². The lowest BCUT2D eigenvalue weighted by Gasteiger charge is -2.34. The Morgan fingerprint density at radius 1 is 0.162 bits per heavy atom. The van der Waals surface area contributed by atoms with Crippen molar-refractivity contribution < 1.29 is 95.9 Å². The normalized spacial score (nSPS) is 10.9. The van der Waals surface area contributed by atoms with E-state index in [1.54, 1.807) is 236 Å². The summed E-state index contributed by atoms with van der Waals surface area (Å²) >= 11 is 1.73. The Morgan fingerprint density at radius 3 is 0.392 bits per heavy atom. The number of carbonyl (C=O) groups is 20. The fourth-order valence-corrected chi connectivity index (χ4v) is 17.8. The molecule has 0 atom stereocenters. The Labute approximate surface area is 889 Å². The van der Waals surface area contributed by atoms with Crippen molar-refractivity contribution in [2.24, 2.45) is 0 Å². The summed E-state index contributed by atoms with van der Waals surface area (Å²) in [5.74, 6) is -2.40. The fourth-order valence-electron chi connectivity index (χ4n) is 16.9. The van der Waals surface area contributed by atoms with E-state index < -0.39 is 0 Å². The van der Waals surface area contributed by atoms with Crippen LogP contribution >= 0.6 is 11.8 Å².